The maximum absolute atomic E-state index is 12.8. The van der Waals surface area contributed by atoms with E-state index in [1.807, 2.05) is 48.6 Å². The molecular weight excluding hydrogens is 415 g/mol. The molecule has 0 aliphatic heterocycles. The van der Waals surface area contributed by atoms with E-state index in [4.69, 9.17) is 0 Å². The van der Waals surface area contributed by atoms with E-state index in [1.165, 1.54) is 12.1 Å². The summed E-state index contributed by atoms with van der Waals surface area (Å²) >= 11 is 1.59. The van der Waals surface area contributed by atoms with E-state index in [0.717, 1.165) is 27.8 Å². The highest BCUT2D eigenvalue weighted by molar-refractivity contribution is 7.17. The fraction of sp³-hybridized carbons (Fsp3) is 0.238. The predicted molar refractivity (Wildman–Crippen MR) is 111 cm³/mol. The summed E-state index contributed by atoms with van der Waals surface area (Å²) in [6.45, 7) is 0.169. The number of anilines is 1. The Bertz CT molecular complexity index is 1060. The van der Waals surface area contributed by atoms with Crippen LogP contribution in [0.3, 0.4) is 0 Å². The minimum Gasteiger partial charge on any atom is -0.346 e. The molecule has 0 aliphatic rings. The van der Waals surface area contributed by atoms with Crippen LogP contribution in [0, 0.1) is 0 Å². The number of rotatable bonds is 5. The highest BCUT2D eigenvalue weighted by Crippen LogP contribution is 2.32. The van der Waals surface area contributed by atoms with Crippen LogP contribution >= 0.6 is 11.3 Å². The zero-order chi connectivity index (χ0) is 21.9. The Kier molecular flexibility index (Phi) is 6.42. The molecule has 0 saturated carbocycles. The van der Waals surface area contributed by atoms with Crippen LogP contribution in [0.5, 0.6) is 0 Å². The van der Waals surface area contributed by atoms with Gasteiger partial charge in [-0.25, -0.2) is 0 Å². The molecule has 3 rings (SSSR count). The third kappa shape index (κ3) is 4.98. The zero-order valence-electron chi connectivity index (χ0n) is 16.3. The number of halogens is 3. The molecule has 0 spiro atoms. The van der Waals surface area contributed by atoms with Crippen molar-refractivity contribution in [3.05, 3.63) is 65.0 Å². The second-order valence-corrected chi connectivity index (χ2v) is 7.82. The number of hydrogen-bond donors (Lipinski definition) is 2. The standard InChI is InChI=1S/C21H20F3N3O2S/c1-27(2)17(16-12-30-18-9-4-3-8-15(16)18)11-25-19(28)20(29)26-14-7-5-6-13(10-14)21(22,23)24/h3-10,12,17H,11H2,1-2H3,(H,25,28)(H,26,29). The average molecular weight is 435 g/mol. The number of fused-ring (bicyclic) bond motifs is 1. The van der Waals surface area contributed by atoms with Crippen molar-refractivity contribution in [3.8, 4) is 0 Å². The largest absolute Gasteiger partial charge is 0.416 e. The number of nitrogens with zero attached hydrogens (tertiary/aromatic N) is 1. The molecule has 158 valence electrons. The van der Waals surface area contributed by atoms with E-state index >= 15 is 0 Å². The van der Waals surface area contributed by atoms with Crippen molar-refractivity contribution in [2.75, 3.05) is 26.0 Å². The third-order valence-corrected chi connectivity index (χ3v) is 5.58. The normalized spacial score (nSPS) is 12.7. The number of hydrogen-bond acceptors (Lipinski definition) is 4. The SMILES string of the molecule is CN(C)C(CNC(=O)C(=O)Nc1cccc(C(F)(F)F)c1)c1csc2ccccc12. The quantitative estimate of drug-likeness (QED) is 0.588. The summed E-state index contributed by atoms with van der Waals surface area (Å²) in [5, 5.41) is 7.87. The Labute approximate surface area is 175 Å². The van der Waals surface area contributed by atoms with Crippen LogP contribution in [0.25, 0.3) is 10.1 Å². The molecule has 0 fully saturated rings. The molecule has 2 amide bonds. The Hall–Kier alpha value is -2.91. The lowest BCUT2D eigenvalue weighted by Crippen LogP contribution is -2.40. The van der Waals surface area contributed by atoms with E-state index in [1.54, 1.807) is 11.3 Å². The van der Waals surface area contributed by atoms with Crippen molar-refractivity contribution in [3.63, 3.8) is 0 Å². The molecule has 0 aliphatic carbocycles. The van der Waals surface area contributed by atoms with Crippen molar-refractivity contribution < 1.29 is 22.8 Å². The molecule has 1 heterocycles. The molecule has 0 radical (unpaired) electrons. The van der Waals surface area contributed by atoms with Crippen molar-refractivity contribution >= 4 is 38.9 Å². The maximum atomic E-state index is 12.8. The van der Waals surface area contributed by atoms with Crippen LogP contribution < -0.4 is 10.6 Å². The van der Waals surface area contributed by atoms with Gasteiger partial charge in [-0.05, 0) is 54.7 Å². The van der Waals surface area contributed by atoms with Crippen LogP contribution in [-0.4, -0.2) is 37.4 Å². The van der Waals surface area contributed by atoms with Gasteiger partial charge in [-0.3, -0.25) is 9.59 Å². The highest BCUT2D eigenvalue weighted by atomic mass is 32.1. The Balaban J connectivity index is 1.67. The van der Waals surface area contributed by atoms with Crippen molar-refractivity contribution in [2.24, 2.45) is 0 Å². The van der Waals surface area contributed by atoms with Crippen molar-refractivity contribution in [2.45, 2.75) is 12.2 Å². The van der Waals surface area contributed by atoms with Gasteiger partial charge < -0.3 is 15.5 Å². The van der Waals surface area contributed by atoms with Crippen molar-refractivity contribution in [1.29, 1.82) is 0 Å². The first-order valence-electron chi connectivity index (χ1n) is 9.06. The van der Waals surface area contributed by atoms with Gasteiger partial charge in [0.25, 0.3) is 0 Å². The second-order valence-electron chi connectivity index (χ2n) is 6.91. The number of carbonyl (C=O) groups is 2. The fourth-order valence-electron chi connectivity index (χ4n) is 3.06. The molecule has 0 bridgehead atoms. The minimum atomic E-state index is -4.54. The lowest BCUT2D eigenvalue weighted by Gasteiger charge is -2.24. The number of carbonyl (C=O) groups excluding carboxylic acids is 2. The van der Waals surface area contributed by atoms with E-state index < -0.39 is 23.6 Å². The lowest BCUT2D eigenvalue weighted by atomic mass is 10.0. The Morgan fingerprint density at radius 1 is 1.07 bits per heavy atom. The van der Waals surface area contributed by atoms with Crippen LogP contribution in [0.15, 0.2) is 53.9 Å². The fourth-order valence-corrected chi connectivity index (χ4v) is 4.07. The number of likely N-dealkylation sites (N-methyl/N-ethyl adjacent to an activating group) is 1. The summed E-state index contributed by atoms with van der Waals surface area (Å²) in [7, 11) is 3.73. The van der Waals surface area contributed by atoms with Crippen LogP contribution in [-0.2, 0) is 15.8 Å². The van der Waals surface area contributed by atoms with E-state index in [-0.39, 0.29) is 18.3 Å². The van der Waals surface area contributed by atoms with E-state index in [0.29, 0.717) is 0 Å². The Morgan fingerprint density at radius 2 is 1.80 bits per heavy atom. The molecule has 1 aromatic heterocycles. The average Bonchev–Trinajstić information content (AvgIpc) is 3.11. The molecule has 0 saturated heterocycles. The first-order chi connectivity index (χ1) is 14.2. The molecular formula is C21H20F3N3O2S. The number of thiophene rings is 1. The van der Waals surface area contributed by atoms with Gasteiger partial charge >= 0.3 is 18.0 Å². The summed E-state index contributed by atoms with van der Waals surface area (Å²) < 4.78 is 39.5. The van der Waals surface area contributed by atoms with Crippen molar-refractivity contribution in [1.82, 2.24) is 10.2 Å². The van der Waals surface area contributed by atoms with E-state index in [9.17, 15) is 22.8 Å². The molecule has 2 aromatic carbocycles. The summed E-state index contributed by atoms with van der Waals surface area (Å²) in [5.41, 5.74) is 0.0230. The number of benzene rings is 2. The lowest BCUT2D eigenvalue weighted by molar-refractivity contribution is -0.137. The molecule has 2 N–H and O–H groups in total. The highest BCUT2D eigenvalue weighted by Gasteiger charge is 2.30. The molecule has 9 heteroatoms. The van der Waals surface area contributed by atoms with Gasteiger partial charge in [0, 0.05) is 16.9 Å². The van der Waals surface area contributed by atoms with Gasteiger partial charge in [0.2, 0.25) is 0 Å². The van der Waals surface area contributed by atoms with Gasteiger partial charge in [0.05, 0.1) is 11.6 Å². The van der Waals surface area contributed by atoms with Crippen LogP contribution in [0.4, 0.5) is 18.9 Å². The molecule has 1 unspecified atom stereocenters. The molecule has 3 aromatic rings. The molecule has 1 atom stereocenters. The van der Waals surface area contributed by atoms with Crippen LogP contribution in [0.1, 0.15) is 17.2 Å². The summed E-state index contributed by atoms with van der Waals surface area (Å²) in [5.74, 6) is -1.94. The zero-order valence-corrected chi connectivity index (χ0v) is 17.1. The monoisotopic (exact) mass is 435 g/mol. The number of alkyl halides is 3. The topological polar surface area (TPSA) is 61.4 Å². The summed E-state index contributed by atoms with van der Waals surface area (Å²) in [4.78, 5) is 26.3. The van der Waals surface area contributed by atoms with Gasteiger partial charge in [-0.2, -0.15) is 13.2 Å². The van der Waals surface area contributed by atoms with Gasteiger partial charge in [0.1, 0.15) is 0 Å². The van der Waals surface area contributed by atoms with Gasteiger partial charge in [-0.1, -0.05) is 24.3 Å². The summed E-state index contributed by atoms with van der Waals surface area (Å²) in [6.07, 6.45) is -4.54. The first-order valence-corrected chi connectivity index (χ1v) is 9.94. The second kappa shape index (κ2) is 8.85. The molecule has 5 nitrogen and oxygen atoms in total. The first kappa shape index (κ1) is 21.8. The smallest absolute Gasteiger partial charge is 0.346 e. The number of amides is 2. The predicted octanol–water partition coefficient (Wildman–Crippen LogP) is 4.28. The van der Waals surface area contributed by atoms with Gasteiger partial charge in [0.15, 0.2) is 0 Å². The Morgan fingerprint density at radius 3 is 2.50 bits per heavy atom. The maximum Gasteiger partial charge on any atom is 0.416 e. The number of nitrogens with one attached hydrogen (secondary N) is 2. The minimum absolute atomic E-state index is 0.0991. The summed E-state index contributed by atoms with van der Waals surface area (Å²) in [6, 6.07) is 11.9. The van der Waals surface area contributed by atoms with E-state index in [2.05, 4.69) is 10.6 Å². The van der Waals surface area contributed by atoms with Crippen LogP contribution in [0.2, 0.25) is 0 Å². The molecule has 30 heavy (non-hydrogen) atoms. The van der Waals surface area contributed by atoms with Gasteiger partial charge in [-0.15, -0.1) is 11.3 Å². The third-order valence-electron chi connectivity index (χ3n) is 4.60.